The van der Waals surface area contributed by atoms with Gasteiger partial charge in [-0.1, -0.05) is 24.3 Å². The highest BCUT2D eigenvalue weighted by Crippen LogP contribution is 2.31. The fraction of sp³-hybridized carbons (Fsp3) is 0.0952. The Kier molecular flexibility index (Phi) is 4.90. The lowest BCUT2D eigenvalue weighted by molar-refractivity contribution is 0.0956. The standard InChI is InChI=1S/C21H17N3O3S/c1-2-22-19(25)13-7-3-4-8-14(13)23-20(26)16-11-12-17(27-16)21-24-15-9-5-6-10-18(15)28-21/h3-12H,2H2,1H3,(H,22,25)(H,23,26). The quantitative estimate of drug-likeness (QED) is 0.522. The highest BCUT2D eigenvalue weighted by molar-refractivity contribution is 7.21. The number of rotatable bonds is 5. The topological polar surface area (TPSA) is 84.2 Å². The van der Waals surface area contributed by atoms with Crippen molar-refractivity contribution in [1.82, 2.24) is 10.3 Å². The van der Waals surface area contributed by atoms with Crippen LogP contribution >= 0.6 is 11.3 Å². The Morgan fingerprint density at radius 3 is 2.61 bits per heavy atom. The van der Waals surface area contributed by atoms with E-state index in [4.69, 9.17) is 4.42 Å². The van der Waals surface area contributed by atoms with Gasteiger partial charge in [-0.2, -0.15) is 0 Å². The van der Waals surface area contributed by atoms with E-state index in [-0.39, 0.29) is 11.7 Å². The molecule has 140 valence electrons. The Bertz CT molecular complexity index is 1130. The monoisotopic (exact) mass is 391 g/mol. The van der Waals surface area contributed by atoms with Crippen LogP contribution in [0.3, 0.4) is 0 Å². The van der Waals surface area contributed by atoms with E-state index in [9.17, 15) is 9.59 Å². The average molecular weight is 391 g/mol. The Labute approximate surface area is 165 Å². The number of hydrogen-bond acceptors (Lipinski definition) is 5. The molecule has 2 amide bonds. The molecule has 0 fully saturated rings. The number of hydrogen-bond donors (Lipinski definition) is 2. The van der Waals surface area contributed by atoms with Crippen LogP contribution in [0, 0.1) is 0 Å². The molecule has 2 N–H and O–H groups in total. The number of para-hydroxylation sites is 2. The highest BCUT2D eigenvalue weighted by atomic mass is 32.1. The molecule has 4 aromatic rings. The molecule has 0 spiro atoms. The minimum Gasteiger partial charge on any atom is -0.448 e. The summed E-state index contributed by atoms with van der Waals surface area (Å²) in [5.41, 5.74) is 1.72. The first-order valence-corrected chi connectivity index (χ1v) is 9.61. The van der Waals surface area contributed by atoms with Crippen molar-refractivity contribution < 1.29 is 14.0 Å². The SMILES string of the molecule is CCNC(=O)c1ccccc1NC(=O)c1ccc(-c2nc3ccccc3s2)o1. The van der Waals surface area contributed by atoms with Crippen molar-refractivity contribution in [2.75, 3.05) is 11.9 Å². The molecule has 0 saturated heterocycles. The van der Waals surface area contributed by atoms with E-state index < -0.39 is 5.91 Å². The second-order valence-electron chi connectivity index (χ2n) is 6.01. The summed E-state index contributed by atoms with van der Waals surface area (Å²) in [5, 5.41) is 6.19. The minimum atomic E-state index is -0.427. The van der Waals surface area contributed by atoms with Gasteiger partial charge >= 0.3 is 0 Å². The van der Waals surface area contributed by atoms with Crippen molar-refractivity contribution in [3.8, 4) is 10.8 Å². The molecule has 0 atom stereocenters. The highest BCUT2D eigenvalue weighted by Gasteiger charge is 2.17. The van der Waals surface area contributed by atoms with Gasteiger partial charge in [-0.3, -0.25) is 9.59 Å². The lowest BCUT2D eigenvalue weighted by atomic mass is 10.1. The van der Waals surface area contributed by atoms with Crippen LogP contribution < -0.4 is 10.6 Å². The Morgan fingerprint density at radius 2 is 1.79 bits per heavy atom. The van der Waals surface area contributed by atoms with Crippen LogP contribution in [0.25, 0.3) is 21.0 Å². The third-order valence-electron chi connectivity index (χ3n) is 4.09. The lowest BCUT2D eigenvalue weighted by Crippen LogP contribution is -2.24. The number of furan rings is 1. The molecular formula is C21H17N3O3S. The molecule has 7 heteroatoms. The number of nitrogens with one attached hydrogen (secondary N) is 2. The molecule has 0 unspecified atom stereocenters. The zero-order valence-corrected chi connectivity index (χ0v) is 15.9. The van der Waals surface area contributed by atoms with Gasteiger partial charge in [0.05, 0.1) is 21.5 Å². The van der Waals surface area contributed by atoms with Gasteiger partial charge in [-0.15, -0.1) is 11.3 Å². The maximum Gasteiger partial charge on any atom is 0.291 e. The minimum absolute atomic E-state index is 0.153. The van der Waals surface area contributed by atoms with E-state index >= 15 is 0 Å². The number of thiazole rings is 1. The molecule has 0 aliphatic heterocycles. The van der Waals surface area contributed by atoms with Crippen molar-refractivity contribution in [3.05, 3.63) is 72.0 Å². The number of carbonyl (C=O) groups excluding carboxylic acids is 2. The van der Waals surface area contributed by atoms with Crippen molar-refractivity contribution in [2.45, 2.75) is 6.92 Å². The predicted octanol–water partition coefficient (Wildman–Crippen LogP) is 4.56. The maximum absolute atomic E-state index is 12.6. The van der Waals surface area contributed by atoms with Gasteiger partial charge in [0.15, 0.2) is 16.5 Å². The Balaban J connectivity index is 1.56. The first kappa shape index (κ1) is 17.9. The predicted molar refractivity (Wildman–Crippen MR) is 110 cm³/mol. The van der Waals surface area contributed by atoms with Crippen LogP contribution in [0.5, 0.6) is 0 Å². The third-order valence-corrected chi connectivity index (χ3v) is 5.14. The number of benzene rings is 2. The molecule has 2 aromatic carbocycles. The summed E-state index contributed by atoms with van der Waals surface area (Å²) in [6.07, 6.45) is 0. The Morgan fingerprint density at radius 1 is 1.00 bits per heavy atom. The van der Waals surface area contributed by atoms with Crippen LogP contribution in [-0.4, -0.2) is 23.3 Å². The summed E-state index contributed by atoms with van der Waals surface area (Å²) >= 11 is 1.50. The molecular weight excluding hydrogens is 374 g/mol. The van der Waals surface area contributed by atoms with E-state index in [1.54, 1.807) is 36.4 Å². The van der Waals surface area contributed by atoms with E-state index in [0.29, 0.717) is 28.6 Å². The number of carbonyl (C=O) groups is 2. The first-order valence-electron chi connectivity index (χ1n) is 8.80. The molecule has 0 aliphatic rings. The van der Waals surface area contributed by atoms with E-state index in [0.717, 1.165) is 10.2 Å². The number of amides is 2. The lowest BCUT2D eigenvalue weighted by Gasteiger charge is -2.09. The van der Waals surface area contributed by atoms with Gasteiger partial charge in [-0.05, 0) is 43.3 Å². The average Bonchev–Trinajstić information content (AvgIpc) is 3.35. The van der Waals surface area contributed by atoms with E-state index in [2.05, 4.69) is 15.6 Å². The van der Waals surface area contributed by atoms with Crippen molar-refractivity contribution in [2.24, 2.45) is 0 Å². The molecule has 6 nitrogen and oxygen atoms in total. The zero-order chi connectivity index (χ0) is 19.5. The van der Waals surface area contributed by atoms with Crippen LogP contribution in [0.2, 0.25) is 0 Å². The maximum atomic E-state index is 12.6. The summed E-state index contributed by atoms with van der Waals surface area (Å²) in [5.74, 6) is 0.0143. The summed E-state index contributed by atoms with van der Waals surface area (Å²) in [6, 6.07) is 18.0. The van der Waals surface area contributed by atoms with Crippen LogP contribution in [0.1, 0.15) is 27.8 Å². The van der Waals surface area contributed by atoms with Crippen molar-refractivity contribution in [1.29, 1.82) is 0 Å². The van der Waals surface area contributed by atoms with Crippen LogP contribution in [0.4, 0.5) is 5.69 Å². The molecule has 0 radical (unpaired) electrons. The van der Waals surface area contributed by atoms with Gasteiger partial charge in [0.25, 0.3) is 11.8 Å². The fourth-order valence-corrected chi connectivity index (χ4v) is 3.71. The number of nitrogens with zero attached hydrogens (tertiary/aromatic N) is 1. The second-order valence-corrected chi connectivity index (χ2v) is 7.04. The zero-order valence-electron chi connectivity index (χ0n) is 15.1. The molecule has 2 aromatic heterocycles. The van der Waals surface area contributed by atoms with E-state index in [1.807, 2.05) is 31.2 Å². The van der Waals surface area contributed by atoms with Crippen molar-refractivity contribution >= 4 is 39.1 Å². The summed E-state index contributed by atoms with van der Waals surface area (Å²) < 4.78 is 6.77. The molecule has 0 saturated carbocycles. The van der Waals surface area contributed by atoms with E-state index in [1.165, 1.54) is 11.3 Å². The van der Waals surface area contributed by atoms with Crippen LogP contribution in [0.15, 0.2) is 65.1 Å². The van der Waals surface area contributed by atoms with Gasteiger partial charge in [0.2, 0.25) is 0 Å². The molecule has 0 aliphatic carbocycles. The Hall–Kier alpha value is -3.45. The number of aromatic nitrogens is 1. The summed E-state index contributed by atoms with van der Waals surface area (Å²) in [6.45, 7) is 2.34. The van der Waals surface area contributed by atoms with Gasteiger partial charge in [-0.25, -0.2) is 4.98 Å². The first-order chi connectivity index (χ1) is 13.7. The normalized spacial score (nSPS) is 10.8. The van der Waals surface area contributed by atoms with Crippen LogP contribution in [-0.2, 0) is 0 Å². The van der Waals surface area contributed by atoms with Gasteiger partial charge in [0, 0.05) is 6.54 Å². The molecule has 28 heavy (non-hydrogen) atoms. The smallest absolute Gasteiger partial charge is 0.291 e. The summed E-state index contributed by atoms with van der Waals surface area (Å²) in [7, 11) is 0. The molecule has 0 bridgehead atoms. The second kappa shape index (κ2) is 7.66. The number of anilines is 1. The van der Waals surface area contributed by atoms with Gasteiger partial charge < -0.3 is 15.1 Å². The number of fused-ring (bicyclic) bond motifs is 1. The molecule has 2 heterocycles. The largest absolute Gasteiger partial charge is 0.448 e. The molecule has 4 rings (SSSR count). The summed E-state index contributed by atoms with van der Waals surface area (Å²) in [4.78, 5) is 29.3. The van der Waals surface area contributed by atoms with Gasteiger partial charge in [0.1, 0.15) is 0 Å². The van der Waals surface area contributed by atoms with Crippen molar-refractivity contribution in [3.63, 3.8) is 0 Å². The fourth-order valence-electron chi connectivity index (χ4n) is 2.78. The third kappa shape index (κ3) is 3.52.